The van der Waals surface area contributed by atoms with Gasteiger partial charge in [-0.15, -0.1) is 0 Å². The molecule has 6 nitrogen and oxygen atoms in total. The maximum atomic E-state index is 11.2. The number of nitro groups is 1. The van der Waals surface area contributed by atoms with E-state index in [1.807, 2.05) is 6.07 Å². The summed E-state index contributed by atoms with van der Waals surface area (Å²) >= 11 is 0. The Morgan fingerprint density at radius 1 is 0.977 bits per heavy atom. The molecule has 6 heteroatoms. The Morgan fingerprint density at radius 2 is 1.65 bits per heavy atom. The van der Waals surface area contributed by atoms with Crippen molar-refractivity contribution in [1.82, 2.24) is 4.90 Å². The van der Waals surface area contributed by atoms with Gasteiger partial charge in [0.15, 0.2) is 0 Å². The van der Waals surface area contributed by atoms with Crippen LogP contribution in [0, 0.1) is 24.0 Å². The van der Waals surface area contributed by atoms with E-state index >= 15 is 0 Å². The average Bonchev–Trinajstić information content (AvgIpc) is 2.95. The fraction of sp³-hybridized carbons (Fsp3) is 0.514. The van der Waals surface area contributed by atoms with E-state index in [0.29, 0.717) is 13.3 Å². The third-order valence-electron chi connectivity index (χ3n) is 9.00. The van der Waals surface area contributed by atoms with E-state index in [1.54, 1.807) is 12.1 Å². The van der Waals surface area contributed by atoms with E-state index in [-0.39, 0.29) is 16.2 Å². The summed E-state index contributed by atoms with van der Waals surface area (Å²) < 4.78 is 13.2. The Kier molecular flexibility index (Phi) is 10.9. The summed E-state index contributed by atoms with van der Waals surface area (Å²) in [6.45, 7) is 17.2. The van der Waals surface area contributed by atoms with Crippen LogP contribution in [-0.4, -0.2) is 22.2 Å². The van der Waals surface area contributed by atoms with Gasteiger partial charge in [0.2, 0.25) is 0 Å². The smallest absolute Gasteiger partial charge is 0.269 e. The summed E-state index contributed by atoms with van der Waals surface area (Å²) in [4.78, 5) is 13.1. The van der Waals surface area contributed by atoms with Crippen molar-refractivity contribution in [1.29, 1.82) is 0 Å². The topological polar surface area (TPSA) is 64.8 Å². The molecule has 2 aliphatic rings. The molecule has 0 spiro atoms. The minimum Gasteiger partial charge on any atom is -0.487 e. The zero-order valence-electron chi connectivity index (χ0n) is 27.3. The number of non-ortho nitro benzene ring substituents is 1. The molecule has 0 N–H and O–H groups in total. The van der Waals surface area contributed by atoms with E-state index in [1.165, 1.54) is 39.5 Å². The van der Waals surface area contributed by atoms with Crippen LogP contribution in [0.15, 0.2) is 59.2 Å². The first kappa shape index (κ1) is 32.5. The first-order valence-electron chi connectivity index (χ1n) is 15.8. The fourth-order valence-electron chi connectivity index (χ4n) is 6.21. The highest BCUT2D eigenvalue weighted by Gasteiger charge is 2.36. The molecule has 0 radical (unpaired) electrons. The Morgan fingerprint density at radius 3 is 2.35 bits per heavy atom. The molecule has 2 aliphatic heterocycles. The van der Waals surface area contributed by atoms with Crippen LogP contribution in [0.1, 0.15) is 107 Å². The second kappa shape index (κ2) is 14.4. The van der Waals surface area contributed by atoms with Crippen molar-refractivity contribution in [2.75, 3.05) is 6.73 Å². The third-order valence-corrected chi connectivity index (χ3v) is 9.00. The highest BCUT2D eigenvalue weighted by molar-refractivity contribution is 5.60. The van der Waals surface area contributed by atoms with Crippen LogP contribution in [0.4, 0.5) is 5.69 Å². The number of ether oxygens (including phenoxy) is 2. The van der Waals surface area contributed by atoms with Gasteiger partial charge in [-0.3, -0.25) is 15.0 Å². The van der Waals surface area contributed by atoms with Crippen LogP contribution in [-0.2, 0) is 19.5 Å². The van der Waals surface area contributed by atoms with E-state index in [9.17, 15) is 10.1 Å². The van der Waals surface area contributed by atoms with Gasteiger partial charge in [0.25, 0.3) is 5.69 Å². The van der Waals surface area contributed by atoms with Gasteiger partial charge < -0.3 is 9.47 Å². The summed E-state index contributed by atoms with van der Waals surface area (Å²) in [6.07, 6.45) is 15.6. The number of nitro benzene ring substituents is 1. The zero-order valence-corrected chi connectivity index (χ0v) is 27.3. The zero-order chi connectivity index (χ0) is 31.1. The number of hydrogen-bond acceptors (Lipinski definition) is 5. The lowest BCUT2D eigenvalue weighted by molar-refractivity contribution is -0.384. The predicted octanol–water partition coefficient (Wildman–Crippen LogP) is 9.85. The van der Waals surface area contributed by atoms with Crippen LogP contribution in [0.2, 0.25) is 0 Å². The summed E-state index contributed by atoms with van der Waals surface area (Å²) in [6, 6.07) is 6.88. The van der Waals surface area contributed by atoms with E-state index in [4.69, 9.17) is 9.47 Å². The van der Waals surface area contributed by atoms with Crippen LogP contribution < -0.4 is 9.47 Å². The third kappa shape index (κ3) is 8.60. The number of rotatable bonds is 12. The number of benzene rings is 2. The van der Waals surface area contributed by atoms with Crippen molar-refractivity contribution in [2.24, 2.45) is 0 Å². The van der Waals surface area contributed by atoms with Crippen LogP contribution >= 0.6 is 0 Å². The van der Waals surface area contributed by atoms with Crippen molar-refractivity contribution >= 4 is 5.69 Å². The number of nitrogens with zero attached hydrogens (tertiary/aromatic N) is 2. The van der Waals surface area contributed by atoms with Gasteiger partial charge >= 0.3 is 0 Å². The molecule has 2 aromatic rings. The molecule has 0 saturated carbocycles. The first-order chi connectivity index (χ1) is 20.5. The molecule has 1 atom stereocenters. The molecule has 0 aromatic heterocycles. The molecule has 4 rings (SSSR count). The van der Waals surface area contributed by atoms with Gasteiger partial charge in [0.1, 0.15) is 23.8 Å². The molecule has 2 heterocycles. The first-order valence-corrected chi connectivity index (χ1v) is 15.8. The van der Waals surface area contributed by atoms with Gasteiger partial charge in [-0.05, 0) is 117 Å². The Labute approximate surface area is 258 Å². The quantitative estimate of drug-likeness (QED) is 0.141. The molecule has 0 saturated heterocycles. The molecular formula is C37H50N2O4. The van der Waals surface area contributed by atoms with Crippen molar-refractivity contribution in [3.63, 3.8) is 0 Å². The lowest BCUT2D eigenvalue weighted by Crippen LogP contribution is -2.38. The molecule has 0 bridgehead atoms. The maximum Gasteiger partial charge on any atom is 0.269 e. The summed E-state index contributed by atoms with van der Waals surface area (Å²) in [5, 5.41) is 11.2. The minimum absolute atomic E-state index is 0.120. The molecule has 0 fully saturated rings. The monoisotopic (exact) mass is 586 g/mol. The van der Waals surface area contributed by atoms with Crippen molar-refractivity contribution in [3.05, 3.63) is 97.1 Å². The Hall–Kier alpha value is -3.38. The second-order valence-electron chi connectivity index (χ2n) is 13.1. The molecule has 0 unspecified atom stereocenters. The van der Waals surface area contributed by atoms with Crippen LogP contribution in [0.5, 0.6) is 11.5 Å². The summed E-state index contributed by atoms with van der Waals surface area (Å²) in [5.41, 5.74) is 9.95. The van der Waals surface area contributed by atoms with E-state index < -0.39 is 0 Å². The van der Waals surface area contributed by atoms with Gasteiger partial charge in [-0.25, -0.2) is 0 Å². The van der Waals surface area contributed by atoms with Crippen molar-refractivity contribution in [2.45, 2.75) is 119 Å². The van der Waals surface area contributed by atoms with E-state index in [2.05, 4.69) is 71.6 Å². The molecule has 43 heavy (non-hydrogen) atoms. The van der Waals surface area contributed by atoms with Crippen molar-refractivity contribution < 1.29 is 14.4 Å². The number of allylic oxidation sites excluding steroid dienone is 6. The largest absolute Gasteiger partial charge is 0.487 e. The van der Waals surface area contributed by atoms with Gasteiger partial charge in [0.05, 0.1) is 4.92 Å². The normalized spacial score (nSPS) is 18.8. The van der Waals surface area contributed by atoms with Gasteiger partial charge in [0, 0.05) is 36.3 Å². The average molecular weight is 587 g/mol. The lowest BCUT2D eigenvalue weighted by Gasteiger charge is -2.40. The summed E-state index contributed by atoms with van der Waals surface area (Å²) in [5.74, 6) is 2.01. The van der Waals surface area contributed by atoms with Gasteiger partial charge in [-0.2, -0.15) is 0 Å². The van der Waals surface area contributed by atoms with Crippen molar-refractivity contribution in [3.8, 4) is 11.5 Å². The van der Waals surface area contributed by atoms with E-state index in [0.717, 1.165) is 80.5 Å². The maximum absolute atomic E-state index is 11.2. The standard InChI is InChI=1S/C37H50N2O4/c1-26(2)12-8-13-27(3)14-9-15-28(4)16-11-20-37(7)21-19-33-34-24-38(23-31-17-10-18-32(22-31)39(40)41)25-42-35(34)29(5)30(6)36(33)43-37/h10,12,14,16-18,22H,8-9,11,13,15,19-21,23-25H2,1-7H3/b27-14+,28-16+/t37-/m1/s1. The lowest BCUT2D eigenvalue weighted by atomic mass is 9.84. The Balaban J connectivity index is 1.38. The molecule has 0 aliphatic carbocycles. The molecule has 2 aromatic carbocycles. The predicted molar refractivity (Wildman–Crippen MR) is 176 cm³/mol. The fourth-order valence-corrected chi connectivity index (χ4v) is 6.21. The SMILES string of the molecule is CC(C)=CCC/C(C)=C/CC/C(C)=C/CC[C@]1(C)CCc2c3c(c(C)c(C)c2O1)OCN(Cc1cccc([N+](=O)[O-])c1)C3. The number of hydrogen-bond donors (Lipinski definition) is 0. The van der Waals surface area contributed by atoms with Crippen LogP contribution in [0.25, 0.3) is 0 Å². The second-order valence-corrected chi connectivity index (χ2v) is 13.1. The minimum atomic E-state index is -0.340. The molecule has 232 valence electrons. The van der Waals surface area contributed by atoms with Gasteiger partial charge in [-0.1, -0.05) is 47.1 Å². The highest BCUT2D eigenvalue weighted by atomic mass is 16.6. The molecule has 0 amide bonds. The highest BCUT2D eigenvalue weighted by Crippen LogP contribution is 2.46. The van der Waals surface area contributed by atoms with Crippen LogP contribution in [0.3, 0.4) is 0 Å². The Bertz CT molecular complexity index is 1420. The number of fused-ring (bicyclic) bond motifs is 3. The molecular weight excluding hydrogens is 536 g/mol. The summed E-state index contributed by atoms with van der Waals surface area (Å²) in [7, 11) is 0.